The first-order valence-electron chi connectivity index (χ1n) is 5.92. The number of rotatable bonds is 5. The molecule has 1 aromatic carbocycles. The molecule has 0 aliphatic rings. The van der Waals surface area contributed by atoms with Gasteiger partial charge in [0.15, 0.2) is 0 Å². The average molecular weight is 266 g/mol. The van der Waals surface area contributed by atoms with Crippen LogP contribution in [0.15, 0.2) is 18.2 Å². The highest BCUT2D eigenvalue weighted by atomic mass is 16.5. The van der Waals surface area contributed by atoms with Gasteiger partial charge < -0.3 is 20.1 Å². The number of carbonyl (C=O) groups excluding carboxylic acids is 2. The minimum atomic E-state index is -0.472. The quantitative estimate of drug-likeness (QED) is 0.795. The second-order valence-electron chi connectivity index (χ2n) is 3.79. The second kappa shape index (κ2) is 7.25. The van der Waals surface area contributed by atoms with Gasteiger partial charge in [-0.15, -0.1) is 0 Å². The van der Waals surface area contributed by atoms with E-state index in [9.17, 15) is 9.59 Å². The van der Waals surface area contributed by atoms with Crippen LogP contribution in [0.5, 0.6) is 5.75 Å². The largest absolute Gasteiger partial charge is 0.497 e. The van der Waals surface area contributed by atoms with Crippen LogP contribution in [0.25, 0.3) is 0 Å². The maximum Gasteiger partial charge on any atom is 0.325 e. The highest BCUT2D eigenvalue weighted by molar-refractivity contribution is 5.92. The fourth-order valence-corrected chi connectivity index (χ4v) is 1.39. The standard InChI is InChI=1S/C13H18N2O4/c1-4-19-12(16)8-14-13(17)15-11-7-10(18-3)6-5-9(11)2/h5-7H,4,8H2,1-3H3,(H2,14,15,17). The molecule has 1 rings (SSSR count). The Labute approximate surface area is 112 Å². The zero-order valence-corrected chi connectivity index (χ0v) is 11.3. The van der Waals surface area contributed by atoms with Crippen molar-refractivity contribution in [2.24, 2.45) is 0 Å². The third kappa shape index (κ3) is 4.87. The number of ether oxygens (including phenoxy) is 2. The second-order valence-corrected chi connectivity index (χ2v) is 3.79. The molecular formula is C13H18N2O4. The Morgan fingerprint density at radius 1 is 1.32 bits per heavy atom. The van der Waals surface area contributed by atoms with Gasteiger partial charge in [-0.25, -0.2) is 4.79 Å². The van der Waals surface area contributed by atoms with Gasteiger partial charge in [-0.1, -0.05) is 6.07 Å². The summed E-state index contributed by atoms with van der Waals surface area (Å²) in [5.41, 5.74) is 1.52. The van der Waals surface area contributed by atoms with Gasteiger partial charge in [-0.3, -0.25) is 4.79 Å². The molecule has 6 heteroatoms. The summed E-state index contributed by atoms with van der Waals surface area (Å²) in [6.45, 7) is 3.69. The molecule has 0 aromatic heterocycles. The normalized spacial score (nSPS) is 9.63. The van der Waals surface area contributed by atoms with Crippen LogP contribution < -0.4 is 15.4 Å². The number of hydrogen-bond donors (Lipinski definition) is 2. The van der Waals surface area contributed by atoms with Gasteiger partial charge in [-0.05, 0) is 25.5 Å². The van der Waals surface area contributed by atoms with Crippen LogP contribution in [0.2, 0.25) is 0 Å². The molecular weight excluding hydrogens is 248 g/mol. The average Bonchev–Trinajstić information content (AvgIpc) is 2.39. The molecule has 0 spiro atoms. The first-order chi connectivity index (χ1) is 9.06. The fourth-order valence-electron chi connectivity index (χ4n) is 1.39. The lowest BCUT2D eigenvalue weighted by molar-refractivity contribution is -0.141. The van der Waals surface area contributed by atoms with E-state index in [-0.39, 0.29) is 13.2 Å². The smallest absolute Gasteiger partial charge is 0.325 e. The number of hydrogen-bond acceptors (Lipinski definition) is 4. The highest BCUT2D eigenvalue weighted by Crippen LogP contribution is 2.21. The third-order valence-corrected chi connectivity index (χ3v) is 2.39. The van der Waals surface area contributed by atoms with Crippen LogP contribution in [0, 0.1) is 6.92 Å². The molecule has 0 unspecified atom stereocenters. The van der Waals surface area contributed by atoms with E-state index < -0.39 is 12.0 Å². The zero-order valence-electron chi connectivity index (χ0n) is 11.3. The van der Waals surface area contributed by atoms with Gasteiger partial charge >= 0.3 is 12.0 Å². The van der Waals surface area contributed by atoms with E-state index in [1.807, 2.05) is 13.0 Å². The number of urea groups is 1. The van der Waals surface area contributed by atoms with Crippen molar-refractivity contribution in [2.45, 2.75) is 13.8 Å². The molecule has 0 heterocycles. The van der Waals surface area contributed by atoms with Crippen LogP contribution in [-0.2, 0) is 9.53 Å². The minimum Gasteiger partial charge on any atom is -0.497 e. The molecule has 0 aliphatic heterocycles. The fraction of sp³-hybridized carbons (Fsp3) is 0.385. The lowest BCUT2D eigenvalue weighted by atomic mass is 10.2. The van der Waals surface area contributed by atoms with E-state index in [1.54, 1.807) is 26.2 Å². The van der Waals surface area contributed by atoms with E-state index >= 15 is 0 Å². The number of methoxy groups -OCH3 is 1. The van der Waals surface area contributed by atoms with E-state index in [0.717, 1.165) is 5.56 Å². The summed E-state index contributed by atoms with van der Waals surface area (Å²) in [4.78, 5) is 22.7. The zero-order chi connectivity index (χ0) is 14.3. The molecule has 0 bridgehead atoms. The summed E-state index contributed by atoms with van der Waals surface area (Å²) in [5.74, 6) is 0.173. The van der Waals surface area contributed by atoms with E-state index in [0.29, 0.717) is 11.4 Å². The van der Waals surface area contributed by atoms with Gasteiger partial charge in [-0.2, -0.15) is 0 Å². The monoisotopic (exact) mass is 266 g/mol. The predicted molar refractivity (Wildman–Crippen MR) is 71.4 cm³/mol. The van der Waals surface area contributed by atoms with Crippen molar-refractivity contribution < 1.29 is 19.1 Å². The Hall–Kier alpha value is -2.24. The maximum atomic E-state index is 11.6. The van der Waals surface area contributed by atoms with E-state index in [2.05, 4.69) is 10.6 Å². The Morgan fingerprint density at radius 2 is 2.05 bits per heavy atom. The Morgan fingerprint density at radius 3 is 2.68 bits per heavy atom. The SMILES string of the molecule is CCOC(=O)CNC(=O)Nc1cc(OC)ccc1C. The number of amides is 2. The van der Waals surface area contributed by atoms with Crippen molar-refractivity contribution in [3.63, 3.8) is 0 Å². The van der Waals surface area contributed by atoms with Crippen molar-refractivity contribution in [1.29, 1.82) is 0 Å². The molecule has 0 radical (unpaired) electrons. The number of carbonyl (C=O) groups is 2. The number of aryl methyl sites for hydroxylation is 1. The molecule has 104 valence electrons. The molecule has 6 nitrogen and oxygen atoms in total. The molecule has 2 N–H and O–H groups in total. The number of nitrogens with one attached hydrogen (secondary N) is 2. The summed E-state index contributed by atoms with van der Waals surface area (Å²) in [5, 5.41) is 5.06. The molecule has 2 amide bonds. The molecule has 0 atom stereocenters. The molecule has 19 heavy (non-hydrogen) atoms. The van der Waals surface area contributed by atoms with Gasteiger partial charge in [0.2, 0.25) is 0 Å². The summed E-state index contributed by atoms with van der Waals surface area (Å²) in [6.07, 6.45) is 0. The van der Waals surface area contributed by atoms with Crippen molar-refractivity contribution in [1.82, 2.24) is 5.32 Å². The van der Waals surface area contributed by atoms with Gasteiger partial charge in [0.1, 0.15) is 12.3 Å². The Balaban J connectivity index is 2.54. The van der Waals surface area contributed by atoms with Crippen LogP contribution in [-0.4, -0.2) is 32.3 Å². The molecule has 0 saturated heterocycles. The van der Waals surface area contributed by atoms with Crippen molar-refractivity contribution >= 4 is 17.7 Å². The van der Waals surface area contributed by atoms with Crippen molar-refractivity contribution in [3.05, 3.63) is 23.8 Å². The van der Waals surface area contributed by atoms with Crippen LogP contribution >= 0.6 is 0 Å². The summed E-state index contributed by atoms with van der Waals surface area (Å²) >= 11 is 0. The lowest BCUT2D eigenvalue weighted by Crippen LogP contribution is -2.34. The topological polar surface area (TPSA) is 76.7 Å². The van der Waals surface area contributed by atoms with Crippen LogP contribution in [0.4, 0.5) is 10.5 Å². The van der Waals surface area contributed by atoms with Crippen molar-refractivity contribution in [3.8, 4) is 5.75 Å². The first-order valence-corrected chi connectivity index (χ1v) is 5.92. The minimum absolute atomic E-state index is 0.164. The summed E-state index contributed by atoms with van der Waals surface area (Å²) in [7, 11) is 1.55. The molecule has 0 saturated carbocycles. The van der Waals surface area contributed by atoms with Crippen molar-refractivity contribution in [2.75, 3.05) is 25.6 Å². The highest BCUT2D eigenvalue weighted by Gasteiger charge is 2.08. The third-order valence-electron chi connectivity index (χ3n) is 2.39. The summed E-state index contributed by atoms with van der Waals surface area (Å²) in [6, 6.07) is 4.88. The molecule has 0 aliphatic carbocycles. The molecule has 0 fully saturated rings. The van der Waals surface area contributed by atoms with Crippen LogP contribution in [0.3, 0.4) is 0 Å². The van der Waals surface area contributed by atoms with Gasteiger partial charge in [0.05, 0.1) is 13.7 Å². The number of esters is 1. The predicted octanol–water partition coefficient (Wildman–Crippen LogP) is 1.69. The number of benzene rings is 1. The molecule has 1 aromatic rings. The van der Waals surface area contributed by atoms with Gasteiger partial charge in [0, 0.05) is 11.8 Å². The maximum absolute atomic E-state index is 11.6. The van der Waals surface area contributed by atoms with E-state index in [1.165, 1.54) is 0 Å². The first kappa shape index (κ1) is 14.8. The lowest BCUT2D eigenvalue weighted by Gasteiger charge is -2.11. The Kier molecular flexibility index (Phi) is 5.66. The Bertz CT molecular complexity index is 460. The van der Waals surface area contributed by atoms with Crippen LogP contribution in [0.1, 0.15) is 12.5 Å². The number of anilines is 1. The summed E-state index contributed by atoms with van der Waals surface area (Å²) < 4.78 is 9.78. The van der Waals surface area contributed by atoms with Gasteiger partial charge in [0.25, 0.3) is 0 Å². The van der Waals surface area contributed by atoms with E-state index in [4.69, 9.17) is 9.47 Å².